The van der Waals surface area contributed by atoms with Crippen LogP contribution in [0.5, 0.6) is 11.5 Å². The molecule has 1 N–H and O–H groups in total. The summed E-state index contributed by atoms with van der Waals surface area (Å²) in [7, 11) is 0.153. The molecule has 3 rings (SSSR count). The van der Waals surface area contributed by atoms with E-state index >= 15 is 0 Å². The first kappa shape index (κ1) is 29.5. The molecule has 0 radical (unpaired) electrons. The maximum atomic E-state index is 14.0. The number of carbonyl (C=O) groups is 2. The van der Waals surface area contributed by atoms with Crippen molar-refractivity contribution in [2.24, 2.45) is 0 Å². The highest BCUT2D eigenvalue weighted by molar-refractivity contribution is 7.92. The Kier molecular flexibility index (Phi) is 9.95. The van der Waals surface area contributed by atoms with Crippen LogP contribution in [0, 0.1) is 6.92 Å². The molecule has 9 nitrogen and oxygen atoms in total. The van der Waals surface area contributed by atoms with Crippen LogP contribution in [0.25, 0.3) is 0 Å². The van der Waals surface area contributed by atoms with Crippen molar-refractivity contribution in [2.75, 3.05) is 32.1 Å². The molecule has 0 aliphatic rings. The van der Waals surface area contributed by atoms with Crippen molar-refractivity contribution in [3.05, 3.63) is 83.9 Å². The van der Waals surface area contributed by atoms with Crippen LogP contribution in [0.4, 0.5) is 5.69 Å². The first-order valence-corrected chi connectivity index (χ1v) is 14.0. The highest BCUT2D eigenvalue weighted by Crippen LogP contribution is 2.32. The molecule has 3 aromatic carbocycles. The number of amides is 2. The number of methoxy groups -OCH3 is 2. The fourth-order valence-electron chi connectivity index (χ4n) is 4.21. The fraction of sp³-hybridized carbons (Fsp3) is 0.310. The zero-order chi connectivity index (χ0) is 28.6. The number of benzene rings is 3. The second-order valence-corrected chi connectivity index (χ2v) is 10.8. The van der Waals surface area contributed by atoms with Crippen LogP contribution in [0.1, 0.15) is 24.5 Å². The molecule has 0 heterocycles. The lowest BCUT2D eigenvalue weighted by molar-refractivity contribution is -0.140. The molecule has 3 aromatic rings. The summed E-state index contributed by atoms with van der Waals surface area (Å²) < 4.78 is 39.7. The highest BCUT2D eigenvalue weighted by Gasteiger charge is 2.33. The van der Waals surface area contributed by atoms with Gasteiger partial charge in [0.25, 0.3) is 10.0 Å². The molecule has 0 aliphatic heterocycles. The van der Waals surface area contributed by atoms with Gasteiger partial charge in [0.1, 0.15) is 12.6 Å². The van der Waals surface area contributed by atoms with E-state index in [0.29, 0.717) is 17.9 Å². The number of sulfonamides is 1. The number of carbonyl (C=O) groups excluding carboxylic acids is 2. The van der Waals surface area contributed by atoms with Crippen LogP contribution in [0.3, 0.4) is 0 Å². The number of ether oxygens (including phenoxy) is 2. The largest absolute Gasteiger partial charge is 0.493 e. The molecule has 1 atom stereocenters. The third-order valence-corrected chi connectivity index (χ3v) is 8.14. The van der Waals surface area contributed by atoms with Gasteiger partial charge < -0.3 is 19.7 Å². The van der Waals surface area contributed by atoms with E-state index < -0.39 is 28.5 Å². The van der Waals surface area contributed by atoms with Crippen LogP contribution in [0.15, 0.2) is 77.7 Å². The summed E-state index contributed by atoms with van der Waals surface area (Å²) in [6.07, 6.45) is 0.352. The van der Waals surface area contributed by atoms with Gasteiger partial charge in [0, 0.05) is 19.7 Å². The van der Waals surface area contributed by atoms with Crippen LogP contribution < -0.4 is 19.1 Å². The first-order chi connectivity index (χ1) is 18.7. The standard InChI is InChI=1S/C29H35N3O6S/c1-6-25(29(34)30-3)31(19-22-10-8-7-9-11-22)28(33)20-32(23-14-12-21(2)13-15-23)39(35,36)24-16-17-26(37-4)27(18-24)38-5/h7-18,25H,6,19-20H2,1-5H3,(H,30,34)/t25-/m1/s1. The summed E-state index contributed by atoms with van der Waals surface area (Å²) in [5, 5.41) is 2.62. The Morgan fingerprint density at radius 2 is 1.56 bits per heavy atom. The number of hydrogen-bond donors (Lipinski definition) is 1. The average Bonchev–Trinajstić information content (AvgIpc) is 2.96. The van der Waals surface area contributed by atoms with E-state index in [1.54, 1.807) is 24.3 Å². The second kappa shape index (κ2) is 13.1. The Morgan fingerprint density at radius 1 is 0.923 bits per heavy atom. The molecule has 0 aromatic heterocycles. The number of aryl methyl sites for hydroxylation is 1. The predicted octanol–water partition coefficient (Wildman–Crippen LogP) is 3.76. The number of nitrogens with one attached hydrogen (secondary N) is 1. The van der Waals surface area contributed by atoms with Crippen molar-refractivity contribution in [1.82, 2.24) is 10.2 Å². The Hall–Kier alpha value is -4.05. The monoisotopic (exact) mass is 553 g/mol. The minimum Gasteiger partial charge on any atom is -0.493 e. The lowest BCUT2D eigenvalue weighted by Gasteiger charge is -2.33. The van der Waals surface area contributed by atoms with Crippen LogP contribution in [0.2, 0.25) is 0 Å². The SMILES string of the molecule is CC[C@H](C(=O)NC)N(Cc1ccccc1)C(=O)CN(c1ccc(C)cc1)S(=O)(=O)c1ccc(OC)c(OC)c1. The summed E-state index contributed by atoms with van der Waals surface area (Å²) in [6, 6.07) is 19.6. The molecule has 0 fully saturated rings. The summed E-state index contributed by atoms with van der Waals surface area (Å²) in [6.45, 7) is 3.33. The summed E-state index contributed by atoms with van der Waals surface area (Å²) in [4.78, 5) is 28.0. The van der Waals surface area contributed by atoms with E-state index in [1.165, 1.54) is 44.4 Å². The highest BCUT2D eigenvalue weighted by atomic mass is 32.2. The van der Waals surface area contributed by atoms with E-state index in [-0.39, 0.29) is 23.1 Å². The van der Waals surface area contributed by atoms with Gasteiger partial charge in [0.05, 0.1) is 24.8 Å². The quantitative estimate of drug-likeness (QED) is 0.366. The maximum Gasteiger partial charge on any atom is 0.264 e. The minimum absolute atomic E-state index is 0.0681. The molecular weight excluding hydrogens is 518 g/mol. The van der Waals surface area contributed by atoms with Crippen molar-refractivity contribution < 1.29 is 27.5 Å². The summed E-state index contributed by atoms with van der Waals surface area (Å²) in [5.41, 5.74) is 2.07. The van der Waals surface area contributed by atoms with Gasteiger partial charge in [-0.1, -0.05) is 55.0 Å². The topological polar surface area (TPSA) is 105 Å². The fourth-order valence-corrected chi connectivity index (χ4v) is 5.64. The molecule has 0 spiro atoms. The molecule has 0 bridgehead atoms. The number of anilines is 1. The maximum absolute atomic E-state index is 14.0. The van der Waals surface area contributed by atoms with Gasteiger partial charge in [-0.3, -0.25) is 13.9 Å². The number of likely N-dealkylation sites (N-methyl/N-ethyl adjacent to an activating group) is 1. The zero-order valence-electron chi connectivity index (χ0n) is 22.9. The minimum atomic E-state index is -4.23. The second-order valence-electron chi connectivity index (χ2n) is 8.91. The van der Waals surface area contributed by atoms with Gasteiger partial charge in [0.15, 0.2) is 11.5 Å². The summed E-state index contributed by atoms with van der Waals surface area (Å²) >= 11 is 0. The number of rotatable bonds is 12. The molecule has 10 heteroatoms. The lowest BCUT2D eigenvalue weighted by Crippen LogP contribution is -2.51. The van der Waals surface area contributed by atoms with E-state index in [0.717, 1.165) is 15.4 Å². The molecule has 2 amide bonds. The normalized spacial score (nSPS) is 11.8. The average molecular weight is 554 g/mol. The van der Waals surface area contributed by atoms with Gasteiger partial charge in [-0.25, -0.2) is 8.42 Å². The van der Waals surface area contributed by atoms with E-state index in [9.17, 15) is 18.0 Å². The van der Waals surface area contributed by atoms with Crippen molar-refractivity contribution in [3.63, 3.8) is 0 Å². The zero-order valence-corrected chi connectivity index (χ0v) is 23.7. The third-order valence-electron chi connectivity index (χ3n) is 6.37. The van der Waals surface area contributed by atoms with Gasteiger partial charge >= 0.3 is 0 Å². The molecule has 0 unspecified atom stereocenters. The molecular formula is C29H35N3O6S. The van der Waals surface area contributed by atoms with Crippen LogP contribution in [-0.4, -0.2) is 59.0 Å². The van der Waals surface area contributed by atoms with Gasteiger partial charge in [0.2, 0.25) is 11.8 Å². The number of hydrogen-bond acceptors (Lipinski definition) is 6. The van der Waals surface area contributed by atoms with Crippen molar-refractivity contribution in [3.8, 4) is 11.5 Å². The Balaban J connectivity index is 2.08. The van der Waals surface area contributed by atoms with Crippen molar-refractivity contribution >= 4 is 27.5 Å². The first-order valence-electron chi connectivity index (χ1n) is 12.5. The Labute approximate surface area is 230 Å². The molecule has 39 heavy (non-hydrogen) atoms. The smallest absolute Gasteiger partial charge is 0.264 e. The van der Waals surface area contributed by atoms with Gasteiger partial charge in [-0.2, -0.15) is 0 Å². The Bertz CT molecular complexity index is 1380. The van der Waals surface area contributed by atoms with Crippen molar-refractivity contribution in [2.45, 2.75) is 37.8 Å². The molecule has 0 saturated carbocycles. The molecule has 208 valence electrons. The van der Waals surface area contributed by atoms with E-state index in [2.05, 4.69) is 5.32 Å². The Morgan fingerprint density at radius 3 is 2.13 bits per heavy atom. The third kappa shape index (κ3) is 6.88. The molecule has 0 aliphatic carbocycles. The lowest BCUT2D eigenvalue weighted by atomic mass is 10.1. The molecule has 0 saturated heterocycles. The van der Waals surface area contributed by atoms with Crippen molar-refractivity contribution in [1.29, 1.82) is 0 Å². The predicted molar refractivity (Wildman–Crippen MR) is 150 cm³/mol. The van der Waals surface area contributed by atoms with Gasteiger partial charge in [-0.15, -0.1) is 0 Å². The van der Waals surface area contributed by atoms with Crippen LogP contribution >= 0.6 is 0 Å². The van der Waals surface area contributed by atoms with Crippen LogP contribution in [-0.2, 0) is 26.2 Å². The van der Waals surface area contributed by atoms with E-state index in [1.807, 2.05) is 44.2 Å². The van der Waals surface area contributed by atoms with Gasteiger partial charge in [-0.05, 0) is 43.2 Å². The number of nitrogens with zero attached hydrogens (tertiary/aromatic N) is 2. The summed E-state index contributed by atoms with van der Waals surface area (Å²) in [5.74, 6) is -0.227. The van der Waals surface area contributed by atoms with E-state index in [4.69, 9.17) is 9.47 Å².